The molecule has 0 atom stereocenters. The zero-order valence-electron chi connectivity index (χ0n) is 14.5. The molecule has 3 aromatic carbocycles. The zero-order valence-corrected chi connectivity index (χ0v) is 14.5. The van der Waals surface area contributed by atoms with Crippen LogP contribution in [0.1, 0.15) is 28.8 Å². The molecule has 0 spiro atoms. The van der Waals surface area contributed by atoms with Crippen LogP contribution in [-0.2, 0) is 6.42 Å². The number of nitrogens with two attached hydrogens (primary N) is 1. The van der Waals surface area contributed by atoms with Crippen LogP contribution in [-0.4, -0.2) is 11.9 Å². The number of carbonyl (C=O) groups is 1. The van der Waals surface area contributed by atoms with Crippen molar-refractivity contribution >= 4 is 11.5 Å². The summed E-state index contributed by atoms with van der Waals surface area (Å²) in [5, 5.41) is 0. The maximum Gasteiger partial charge on any atom is 0.167 e. The molecule has 26 heavy (non-hydrogen) atoms. The van der Waals surface area contributed by atoms with Gasteiger partial charge in [0, 0.05) is 12.0 Å². The van der Waals surface area contributed by atoms with Crippen LogP contribution in [0.15, 0.2) is 72.8 Å². The van der Waals surface area contributed by atoms with Crippen molar-refractivity contribution in [2.75, 3.05) is 5.73 Å². The lowest BCUT2D eigenvalue weighted by Crippen LogP contribution is -2.06. The second kappa shape index (κ2) is 7.04. The van der Waals surface area contributed by atoms with Crippen molar-refractivity contribution < 1.29 is 9.53 Å². The van der Waals surface area contributed by atoms with Gasteiger partial charge in [-0.1, -0.05) is 54.6 Å². The minimum Gasteiger partial charge on any atom is -0.488 e. The molecule has 4 rings (SSSR count). The number of ketones is 1. The highest BCUT2D eigenvalue weighted by Gasteiger charge is 2.24. The van der Waals surface area contributed by atoms with Crippen molar-refractivity contribution in [1.82, 2.24) is 0 Å². The molecule has 1 aliphatic carbocycles. The first-order chi connectivity index (χ1) is 12.7. The monoisotopic (exact) mass is 343 g/mol. The van der Waals surface area contributed by atoms with Gasteiger partial charge in [0.15, 0.2) is 5.78 Å². The predicted octanol–water partition coefficient (Wildman–Crippen LogP) is 4.90. The summed E-state index contributed by atoms with van der Waals surface area (Å²) in [6.07, 6.45) is 2.82. The number of anilines is 1. The molecule has 1 saturated carbocycles. The topological polar surface area (TPSA) is 52.3 Å². The van der Waals surface area contributed by atoms with Crippen LogP contribution in [0.25, 0.3) is 11.1 Å². The Morgan fingerprint density at radius 3 is 2.27 bits per heavy atom. The largest absolute Gasteiger partial charge is 0.488 e. The van der Waals surface area contributed by atoms with Gasteiger partial charge in [-0.2, -0.15) is 0 Å². The number of Topliss-reactive ketones (excluding diaryl/α,β-unsaturated/α-hetero) is 1. The highest BCUT2D eigenvalue weighted by molar-refractivity contribution is 5.98. The molecule has 0 heterocycles. The minimum atomic E-state index is 0.0575. The summed E-state index contributed by atoms with van der Waals surface area (Å²) in [6.45, 7) is 0. The van der Waals surface area contributed by atoms with Crippen LogP contribution in [0, 0.1) is 0 Å². The Labute approximate surface area is 153 Å². The molecule has 0 aliphatic heterocycles. The van der Waals surface area contributed by atoms with E-state index < -0.39 is 0 Å². The first-order valence-electron chi connectivity index (χ1n) is 8.93. The molecule has 0 amide bonds. The average Bonchev–Trinajstić information content (AvgIpc) is 3.49. The van der Waals surface area contributed by atoms with Gasteiger partial charge in [-0.15, -0.1) is 0 Å². The summed E-state index contributed by atoms with van der Waals surface area (Å²) in [6, 6.07) is 23.7. The fourth-order valence-corrected chi connectivity index (χ4v) is 2.93. The second-order valence-corrected chi connectivity index (χ2v) is 6.73. The molecule has 3 heteroatoms. The normalized spacial score (nSPS) is 13.4. The molecule has 0 radical (unpaired) electrons. The molecule has 1 aliphatic rings. The van der Waals surface area contributed by atoms with Crippen molar-refractivity contribution in [2.45, 2.75) is 25.4 Å². The Morgan fingerprint density at radius 2 is 1.62 bits per heavy atom. The van der Waals surface area contributed by atoms with Gasteiger partial charge in [-0.05, 0) is 47.7 Å². The van der Waals surface area contributed by atoms with E-state index in [1.165, 1.54) is 5.56 Å². The van der Waals surface area contributed by atoms with Crippen LogP contribution >= 0.6 is 0 Å². The Hall–Kier alpha value is -3.07. The highest BCUT2D eigenvalue weighted by Crippen LogP contribution is 2.31. The molecular formula is C23H21NO2. The summed E-state index contributed by atoms with van der Waals surface area (Å²) >= 11 is 0. The fraction of sp³-hybridized carbons (Fsp3) is 0.174. The van der Waals surface area contributed by atoms with E-state index in [9.17, 15) is 4.79 Å². The summed E-state index contributed by atoms with van der Waals surface area (Å²) in [7, 11) is 0. The molecule has 2 N–H and O–H groups in total. The third-order valence-corrected chi connectivity index (χ3v) is 4.58. The van der Waals surface area contributed by atoms with Gasteiger partial charge in [-0.3, -0.25) is 4.79 Å². The number of rotatable bonds is 6. The SMILES string of the molecule is Nc1cc(C(=O)Cc2ccc(-c3ccccc3)cc2)ccc1OC1CC1. The fourth-order valence-electron chi connectivity index (χ4n) is 2.93. The van der Waals surface area contributed by atoms with Gasteiger partial charge in [-0.25, -0.2) is 0 Å². The number of ether oxygens (including phenoxy) is 1. The number of carbonyl (C=O) groups excluding carboxylic acids is 1. The quantitative estimate of drug-likeness (QED) is 0.511. The molecule has 130 valence electrons. The first-order valence-corrected chi connectivity index (χ1v) is 8.93. The Morgan fingerprint density at radius 1 is 0.923 bits per heavy atom. The third kappa shape index (κ3) is 3.77. The van der Waals surface area contributed by atoms with Crippen LogP contribution in [0.4, 0.5) is 5.69 Å². The summed E-state index contributed by atoms with van der Waals surface area (Å²) in [5.41, 5.74) is 10.5. The molecule has 0 unspecified atom stereocenters. The maximum absolute atomic E-state index is 12.6. The van der Waals surface area contributed by atoms with E-state index in [0.717, 1.165) is 24.0 Å². The highest BCUT2D eigenvalue weighted by atomic mass is 16.5. The second-order valence-electron chi connectivity index (χ2n) is 6.73. The van der Waals surface area contributed by atoms with Gasteiger partial charge in [0.1, 0.15) is 5.75 Å². The molecule has 0 saturated heterocycles. The van der Waals surface area contributed by atoms with E-state index in [-0.39, 0.29) is 5.78 Å². The van der Waals surface area contributed by atoms with Gasteiger partial charge in [0.2, 0.25) is 0 Å². The van der Waals surface area contributed by atoms with Gasteiger partial charge in [0.25, 0.3) is 0 Å². The molecule has 0 aromatic heterocycles. The van der Waals surface area contributed by atoms with Crippen molar-refractivity contribution in [1.29, 1.82) is 0 Å². The van der Waals surface area contributed by atoms with E-state index in [1.54, 1.807) is 18.2 Å². The van der Waals surface area contributed by atoms with E-state index >= 15 is 0 Å². The van der Waals surface area contributed by atoms with E-state index in [4.69, 9.17) is 10.5 Å². The summed E-state index contributed by atoms with van der Waals surface area (Å²) < 4.78 is 5.73. The molecule has 1 fully saturated rings. The van der Waals surface area contributed by atoms with Gasteiger partial charge in [0.05, 0.1) is 11.8 Å². The minimum absolute atomic E-state index is 0.0575. The van der Waals surface area contributed by atoms with Crippen molar-refractivity contribution in [3.05, 3.63) is 83.9 Å². The van der Waals surface area contributed by atoms with Crippen molar-refractivity contribution in [2.24, 2.45) is 0 Å². The van der Waals surface area contributed by atoms with Crippen LogP contribution < -0.4 is 10.5 Å². The number of nitrogen functional groups attached to an aromatic ring is 1. The predicted molar refractivity (Wildman–Crippen MR) is 104 cm³/mol. The number of hydrogen-bond acceptors (Lipinski definition) is 3. The van der Waals surface area contributed by atoms with E-state index in [1.807, 2.05) is 30.3 Å². The number of hydrogen-bond donors (Lipinski definition) is 1. The van der Waals surface area contributed by atoms with E-state index in [0.29, 0.717) is 29.5 Å². The van der Waals surface area contributed by atoms with Gasteiger partial charge < -0.3 is 10.5 Å². The lowest BCUT2D eigenvalue weighted by molar-refractivity contribution is 0.0993. The van der Waals surface area contributed by atoms with Crippen molar-refractivity contribution in [3.63, 3.8) is 0 Å². The molecule has 3 nitrogen and oxygen atoms in total. The number of benzene rings is 3. The average molecular weight is 343 g/mol. The maximum atomic E-state index is 12.6. The molecule has 0 bridgehead atoms. The zero-order chi connectivity index (χ0) is 17.9. The van der Waals surface area contributed by atoms with E-state index in [2.05, 4.69) is 24.3 Å². The van der Waals surface area contributed by atoms with Gasteiger partial charge >= 0.3 is 0 Å². The smallest absolute Gasteiger partial charge is 0.167 e. The van der Waals surface area contributed by atoms with Crippen LogP contribution in [0.5, 0.6) is 5.75 Å². The Kier molecular flexibility index (Phi) is 4.44. The lowest BCUT2D eigenvalue weighted by atomic mass is 9.99. The molecular weight excluding hydrogens is 322 g/mol. The third-order valence-electron chi connectivity index (χ3n) is 4.58. The standard InChI is InChI=1S/C23H21NO2/c24-21-15-19(10-13-23(21)26-20-11-12-20)22(25)14-16-6-8-18(9-7-16)17-4-2-1-3-5-17/h1-10,13,15,20H,11-12,14,24H2. The lowest BCUT2D eigenvalue weighted by Gasteiger charge is -2.09. The Balaban J connectivity index is 1.45. The molecule has 3 aromatic rings. The van der Waals surface area contributed by atoms with Crippen LogP contribution in [0.2, 0.25) is 0 Å². The van der Waals surface area contributed by atoms with Crippen LogP contribution in [0.3, 0.4) is 0 Å². The Bertz CT molecular complexity index is 913. The van der Waals surface area contributed by atoms with Crippen molar-refractivity contribution in [3.8, 4) is 16.9 Å². The summed E-state index contributed by atoms with van der Waals surface area (Å²) in [5.74, 6) is 0.735. The summed E-state index contributed by atoms with van der Waals surface area (Å²) in [4.78, 5) is 12.6. The first kappa shape index (κ1) is 16.4.